The van der Waals surface area contributed by atoms with Gasteiger partial charge < -0.3 is 10.2 Å². The van der Waals surface area contributed by atoms with E-state index in [1.807, 2.05) is 0 Å². The average Bonchev–Trinajstić information content (AvgIpc) is 2.42. The average molecular weight is 240 g/mol. The Kier molecular flexibility index (Phi) is 5.94. The van der Waals surface area contributed by atoms with Crippen molar-refractivity contribution in [2.45, 2.75) is 47.0 Å². The first kappa shape index (κ1) is 15.0. The van der Waals surface area contributed by atoms with Gasteiger partial charge in [0, 0.05) is 6.54 Å². The summed E-state index contributed by atoms with van der Waals surface area (Å²) < 4.78 is 0. The van der Waals surface area contributed by atoms with Crippen LogP contribution in [0.15, 0.2) is 0 Å². The minimum atomic E-state index is 0.493. The van der Waals surface area contributed by atoms with E-state index in [0.29, 0.717) is 5.41 Å². The fourth-order valence-electron chi connectivity index (χ4n) is 3.06. The second kappa shape index (κ2) is 6.75. The predicted octanol–water partition coefficient (Wildman–Crippen LogP) is 2.99. The number of hydrogen-bond donors (Lipinski definition) is 1. The Morgan fingerprint density at radius 1 is 1.24 bits per heavy atom. The van der Waals surface area contributed by atoms with Crippen LogP contribution in [0.1, 0.15) is 47.0 Å². The van der Waals surface area contributed by atoms with E-state index in [1.165, 1.54) is 38.9 Å². The number of nitrogens with one attached hydrogen (secondary N) is 1. The molecule has 0 aromatic heterocycles. The zero-order valence-electron chi connectivity index (χ0n) is 12.6. The van der Waals surface area contributed by atoms with Gasteiger partial charge in [0.2, 0.25) is 0 Å². The lowest BCUT2D eigenvalue weighted by atomic mass is 9.77. The van der Waals surface area contributed by atoms with Crippen molar-refractivity contribution >= 4 is 0 Å². The van der Waals surface area contributed by atoms with Gasteiger partial charge in [-0.1, -0.05) is 27.7 Å². The summed E-state index contributed by atoms with van der Waals surface area (Å²) in [6.07, 6.45) is 4.18. The number of nitrogens with zero attached hydrogens (tertiary/aromatic N) is 1. The van der Waals surface area contributed by atoms with Crippen molar-refractivity contribution in [3.63, 3.8) is 0 Å². The third-order valence-electron chi connectivity index (χ3n) is 4.17. The minimum Gasteiger partial charge on any atom is -0.319 e. The van der Waals surface area contributed by atoms with Crippen molar-refractivity contribution in [2.75, 3.05) is 33.2 Å². The van der Waals surface area contributed by atoms with Gasteiger partial charge in [-0.3, -0.25) is 0 Å². The van der Waals surface area contributed by atoms with E-state index < -0.39 is 0 Å². The summed E-state index contributed by atoms with van der Waals surface area (Å²) in [6.45, 7) is 14.6. The third-order valence-corrected chi connectivity index (χ3v) is 4.17. The van der Waals surface area contributed by atoms with E-state index in [0.717, 1.165) is 18.4 Å². The predicted molar refractivity (Wildman–Crippen MR) is 76.3 cm³/mol. The summed E-state index contributed by atoms with van der Waals surface area (Å²) in [4.78, 5) is 2.67. The number of likely N-dealkylation sites (tertiary alicyclic amines) is 1. The van der Waals surface area contributed by atoms with Crippen molar-refractivity contribution in [2.24, 2.45) is 17.3 Å². The molecule has 1 fully saturated rings. The molecule has 0 saturated carbocycles. The Morgan fingerprint density at radius 3 is 2.53 bits per heavy atom. The standard InChI is InChI=1S/C15H32N2/c1-13(11-16-5)12-17-9-6-7-14(8-10-17)15(2,3)4/h13-14,16H,6-12H2,1-5H3. The summed E-state index contributed by atoms with van der Waals surface area (Å²) in [6, 6.07) is 0. The molecule has 17 heavy (non-hydrogen) atoms. The first-order chi connectivity index (χ1) is 7.93. The highest BCUT2D eigenvalue weighted by Gasteiger charge is 2.27. The molecule has 2 heteroatoms. The van der Waals surface area contributed by atoms with Crippen LogP contribution in [-0.2, 0) is 0 Å². The van der Waals surface area contributed by atoms with Gasteiger partial charge in [0.25, 0.3) is 0 Å². The Hall–Kier alpha value is -0.0800. The summed E-state index contributed by atoms with van der Waals surface area (Å²) in [5.74, 6) is 1.68. The highest BCUT2D eigenvalue weighted by Crippen LogP contribution is 2.34. The topological polar surface area (TPSA) is 15.3 Å². The fraction of sp³-hybridized carbons (Fsp3) is 1.00. The van der Waals surface area contributed by atoms with Crippen LogP contribution in [0.3, 0.4) is 0 Å². The molecule has 0 aromatic rings. The second-order valence-corrected chi connectivity index (χ2v) is 6.96. The molecule has 1 aliphatic heterocycles. The van der Waals surface area contributed by atoms with E-state index in [1.54, 1.807) is 0 Å². The lowest BCUT2D eigenvalue weighted by Crippen LogP contribution is -2.33. The van der Waals surface area contributed by atoms with Crippen molar-refractivity contribution in [3.8, 4) is 0 Å². The molecule has 1 heterocycles. The van der Waals surface area contributed by atoms with Gasteiger partial charge in [0.15, 0.2) is 0 Å². The molecule has 0 amide bonds. The molecule has 2 nitrogen and oxygen atoms in total. The van der Waals surface area contributed by atoms with Gasteiger partial charge in [-0.25, -0.2) is 0 Å². The van der Waals surface area contributed by atoms with Crippen molar-refractivity contribution in [1.29, 1.82) is 0 Å². The van der Waals surface area contributed by atoms with Gasteiger partial charge in [0.1, 0.15) is 0 Å². The molecule has 1 rings (SSSR count). The molecule has 2 unspecified atom stereocenters. The Morgan fingerprint density at radius 2 is 1.94 bits per heavy atom. The molecule has 0 radical (unpaired) electrons. The molecule has 0 bridgehead atoms. The normalized spacial score (nSPS) is 25.6. The minimum absolute atomic E-state index is 0.493. The van der Waals surface area contributed by atoms with Crippen LogP contribution < -0.4 is 5.32 Å². The Balaban J connectivity index is 2.37. The van der Waals surface area contributed by atoms with Crippen LogP contribution in [0, 0.1) is 17.3 Å². The van der Waals surface area contributed by atoms with Gasteiger partial charge >= 0.3 is 0 Å². The van der Waals surface area contributed by atoms with E-state index >= 15 is 0 Å². The van der Waals surface area contributed by atoms with Crippen LogP contribution in [-0.4, -0.2) is 38.1 Å². The van der Waals surface area contributed by atoms with Gasteiger partial charge in [-0.15, -0.1) is 0 Å². The van der Waals surface area contributed by atoms with E-state index in [4.69, 9.17) is 0 Å². The molecule has 1 N–H and O–H groups in total. The maximum atomic E-state index is 3.28. The highest BCUT2D eigenvalue weighted by atomic mass is 15.1. The lowest BCUT2D eigenvalue weighted by molar-refractivity contribution is 0.201. The van der Waals surface area contributed by atoms with E-state index in [2.05, 4.69) is 45.0 Å². The van der Waals surface area contributed by atoms with Crippen molar-refractivity contribution in [1.82, 2.24) is 10.2 Å². The van der Waals surface area contributed by atoms with E-state index in [9.17, 15) is 0 Å². The lowest BCUT2D eigenvalue weighted by Gasteiger charge is -2.30. The van der Waals surface area contributed by atoms with Crippen molar-refractivity contribution in [3.05, 3.63) is 0 Å². The molecule has 2 atom stereocenters. The van der Waals surface area contributed by atoms with Gasteiger partial charge in [0.05, 0.1) is 0 Å². The second-order valence-electron chi connectivity index (χ2n) is 6.96. The summed E-state index contributed by atoms with van der Waals surface area (Å²) >= 11 is 0. The van der Waals surface area contributed by atoms with Crippen molar-refractivity contribution < 1.29 is 0 Å². The Labute approximate surface area is 108 Å². The smallest absolute Gasteiger partial charge is 0.00191 e. The molecular formula is C15H32N2. The molecule has 1 saturated heterocycles. The summed E-state index contributed by atoms with van der Waals surface area (Å²) in [5.41, 5.74) is 0.493. The molecular weight excluding hydrogens is 208 g/mol. The fourth-order valence-corrected chi connectivity index (χ4v) is 3.06. The number of rotatable bonds is 4. The zero-order valence-corrected chi connectivity index (χ0v) is 12.6. The van der Waals surface area contributed by atoms with Crippen LogP contribution in [0.5, 0.6) is 0 Å². The van der Waals surface area contributed by atoms with Gasteiger partial charge in [-0.2, -0.15) is 0 Å². The largest absolute Gasteiger partial charge is 0.319 e. The SMILES string of the molecule is CNCC(C)CN1CCCC(C(C)(C)C)CC1. The summed E-state index contributed by atoms with van der Waals surface area (Å²) in [7, 11) is 2.05. The molecule has 0 aromatic carbocycles. The van der Waals surface area contributed by atoms with Crippen LogP contribution >= 0.6 is 0 Å². The molecule has 0 aliphatic carbocycles. The van der Waals surface area contributed by atoms with Gasteiger partial charge in [-0.05, 0) is 63.2 Å². The Bertz CT molecular complexity index is 207. The molecule has 0 spiro atoms. The molecule has 1 aliphatic rings. The quantitative estimate of drug-likeness (QED) is 0.812. The first-order valence-electron chi connectivity index (χ1n) is 7.30. The maximum absolute atomic E-state index is 3.28. The number of hydrogen-bond acceptors (Lipinski definition) is 2. The summed E-state index contributed by atoms with van der Waals surface area (Å²) in [5, 5.41) is 3.28. The maximum Gasteiger partial charge on any atom is 0.00191 e. The van der Waals surface area contributed by atoms with Crippen LogP contribution in [0.2, 0.25) is 0 Å². The van der Waals surface area contributed by atoms with E-state index in [-0.39, 0.29) is 0 Å². The van der Waals surface area contributed by atoms with Crippen LogP contribution in [0.25, 0.3) is 0 Å². The van der Waals surface area contributed by atoms with Crippen LogP contribution in [0.4, 0.5) is 0 Å². The first-order valence-corrected chi connectivity index (χ1v) is 7.30. The zero-order chi connectivity index (χ0) is 12.9. The third kappa shape index (κ3) is 5.39. The highest BCUT2D eigenvalue weighted by molar-refractivity contribution is 4.79. The molecule has 102 valence electrons. The monoisotopic (exact) mass is 240 g/mol.